The van der Waals surface area contributed by atoms with Gasteiger partial charge >= 0.3 is 5.97 Å². The Bertz CT molecular complexity index is 1140. The zero-order valence-corrected chi connectivity index (χ0v) is 19.6. The molecule has 0 bridgehead atoms. The van der Waals surface area contributed by atoms with E-state index in [-0.39, 0.29) is 17.6 Å². The minimum absolute atomic E-state index is 0.144. The Labute approximate surface area is 190 Å². The molecule has 1 aliphatic rings. The number of aromatic nitrogens is 1. The molecule has 0 saturated carbocycles. The molecule has 1 amide bonds. The van der Waals surface area contributed by atoms with E-state index in [1.165, 1.54) is 28.0 Å². The molecule has 162 valence electrons. The number of hydrogen-bond acceptors (Lipinski definition) is 6. The summed E-state index contributed by atoms with van der Waals surface area (Å²) in [5, 5.41) is 5.53. The topological polar surface area (TPSA) is 68.3 Å². The van der Waals surface area contributed by atoms with Gasteiger partial charge in [-0.3, -0.25) is 4.79 Å². The van der Waals surface area contributed by atoms with Crippen molar-refractivity contribution in [1.29, 1.82) is 0 Å². The van der Waals surface area contributed by atoms with E-state index >= 15 is 0 Å². The SMILES string of the molecule is CCOC(=O)c1c(NC(=O)CSc2cc(C)c3ccccc3n2)sc2c1CC[C@@H](C)C2. The van der Waals surface area contributed by atoms with Crippen LogP contribution in [-0.2, 0) is 22.4 Å². The Morgan fingerprint density at radius 3 is 2.94 bits per heavy atom. The molecular formula is C24H26N2O3S2. The second-order valence-corrected chi connectivity index (χ2v) is 10.0. The van der Waals surface area contributed by atoms with Crippen molar-refractivity contribution in [2.45, 2.75) is 45.1 Å². The van der Waals surface area contributed by atoms with Gasteiger partial charge in [-0.15, -0.1) is 11.3 Å². The van der Waals surface area contributed by atoms with Crippen molar-refractivity contribution in [3.63, 3.8) is 0 Å². The van der Waals surface area contributed by atoms with Gasteiger partial charge in [-0.05, 0) is 62.3 Å². The van der Waals surface area contributed by atoms with Gasteiger partial charge < -0.3 is 10.1 Å². The molecule has 31 heavy (non-hydrogen) atoms. The fourth-order valence-corrected chi connectivity index (χ4v) is 6.14. The monoisotopic (exact) mass is 454 g/mol. The summed E-state index contributed by atoms with van der Waals surface area (Å²) in [6, 6.07) is 10.0. The Morgan fingerprint density at radius 2 is 2.13 bits per heavy atom. The molecule has 1 atom stereocenters. The van der Waals surface area contributed by atoms with Gasteiger partial charge in [-0.1, -0.05) is 36.9 Å². The van der Waals surface area contributed by atoms with Gasteiger partial charge in [0.15, 0.2) is 0 Å². The number of hydrogen-bond donors (Lipinski definition) is 1. The average Bonchev–Trinajstić information content (AvgIpc) is 3.09. The molecule has 7 heteroatoms. The first-order valence-electron chi connectivity index (χ1n) is 10.6. The Balaban J connectivity index is 1.50. The number of benzene rings is 1. The van der Waals surface area contributed by atoms with Gasteiger partial charge in [0.1, 0.15) is 5.00 Å². The molecule has 5 nitrogen and oxygen atoms in total. The minimum atomic E-state index is -0.343. The number of pyridine rings is 1. The Kier molecular flexibility index (Phi) is 6.62. The van der Waals surface area contributed by atoms with Crippen molar-refractivity contribution in [1.82, 2.24) is 4.98 Å². The summed E-state index contributed by atoms with van der Waals surface area (Å²) in [4.78, 5) is 31.2. The number of carbonyl (C=O) groups is 2. The second kappa shape index (κ2) is 9.40. The van der Waals surface area contributed by atoms with E-state index in [9.17, 15) is 9.59 Å². The van der Waals surface area contributed by atoms with E-state index in [0.717, 1.165) is 46.3 Å². The van der Waals surface area contributed by atoms with Crippen molar-refractivity contribution >= 4 is 50.9 Å². The average molecular weight is 455 g/mol. The third-order valence-electron chi connectivity index (χ3n) is 5.49. The highest BCUT2D eigenvalue weighted by Gasteiger charge is 2.29. The number of thioether (sulfide) groups is 1. The second-order valence-electron chi connectivity index (χ2n) is 7.91. The number of nitrogens with one attached hydrogen (secondary N) is 1. The van der Waals surface area contributed by atoms with Gasteiger partial charge in [-0.2, -0.15) is 0 Å². The maximum Gasteiger partial charge on any atom is 0.341 e. The number of thiophene rings is 1. The molecule has 2 aromatic heterocycles. The highest BCUT2D eigenvalue weighted by Crippen LogP contribution is 2.40. The number of para-hydroxylation sites is 1. The van der Waals surface area contributed by atoms with Crippen LogP contribution in [0.3, 0.4) is 0 Å². The lowest BCUT2D eigenvalue weighted by Crippen LogP contribution is -2.17. The fourth-order valence-electron chi connectivity index (χ4n) is 3.95. The van der Waals surface area contributed by atoms with Crippen LogP contribution in [0.5, 0.6) is 0 Å². The van der Waals surface area contributed by atoms with Crippen LogP contribution in [0.4, 0.5) is 5.00 Å². The van der Waals surface area contributed by atoms with E-state index in [1.54, 1.807) is 6.92 Å². The summed E-state index contributed by atoms with van der Waals surface area (Å²) in [6.07, 6.45) is 2.84. The summed E-state index contributed by atoms with van der Waals surface area (Å²) in [6.45, 7) is 6.39. The number of carbonyl (C=O) groups excluding carboxylic acids is 2. The van der Waals surface area contributed by atoms with Gasteiger partial charge in [0.25, 0.3) is 0 Å². The maximum atomic E-state index is 12.7. The predicted octanol–water partition coefficient (Wildman–Crippen LogP) is 5.64. The number of anilines is 1. The van der Waals surface area contributed by atoms with E-state index in [4.69, 9.17) is 4.74 Å². The van der Waals surface area contributed by atoms with Crippen molar-refractivity contribution in [2.24, 2.45) is 5.92 Å². The number of nitrogens with zero attached hydrogens (tertiary/aromatic N) is 1. The lowest BCUT2D eigenvalue weighted by atomic mass is 9.88. The number of aryl methyl sites for hydroxylation is 1. The van der Waals surface area contributed by atoms with Crippen LogP contribution in [0.1, 0.15) is 46.6 Å². The number of amides is 1. The largest absolute Gasteiger partial charge is 0.462 e. The molecule has 0 spiro atoms. The first kappa shape index (κ1) is 21.8. The molecule has 0 radical (unpaired) electrons. The molecule has 1 aromatic carbocycles. The first-order chi connectivity index (χ1) is 15.0. The van der Waals surface area contributed by atoms with Crippen molar-refractivity contribution in [3.05, 3.63) is 51.9 Å². The van der Waals surface area contributed by atoms with Gasteiger partial charge in [-0.25, -0.2) is 9.78 Å². The predicted molar refractivity (Wildman–Crippen MR) is 127 cm³/mol. The third-order valence-corrected chi connectivity index (χ3v) is 7.58. The summed E-state index contributed by atoms with van der Waals surface area (Å²) >= 11 is 2.92. The number of esters is 1. The van der Waals surface area contributed by atoms with Crippen molar-refractivity contribution in [3.8, 4) is 0 Å². The quantitative estimate of drug-likeness (QED) is 0.386. The minimum Gasteiger partial charge on any atom is -0.462 e. The number of ether oxygens (including phenoxy) is 1. The van der Waals surface area contributed by atoms with E-state index in [0.29, 0.717) is 23.1 Å². The molecule has 0 fully saturated rings. The molecule has 1 aliphatic carbocycles. The lowest BCUT2D eigenvalue weighted by Gasteiger charge is -2.18. The molecule has 4 rings (SSSR count). The van der Waals surface area contributed by atoms with Crippen molar-refractivity contribution in [2.75, 3.05) is 17.7 Å². The normalized spacial score (nSPS) is 15.5. The van der Waals surface area contributed by atoms with Crippen LogP contribution >= 0.6 is 23.1 Å². The van der Waals surface area contributed by atoms with Gasteiger partial charge in [0, 0.05) is 10.3 Å². The summed E-state index contributed by atoms with van der Waals surface area (Å²) in [5.74, 6) is 0.327. The smallest absolute Gasteiger partial charge is 0.341 e. The lowest BCUT2D eigenvalue weighted by molar-refractivity contribution is -0.113. The summed E-state index contributed by atoms with van der Waals surface area (Å²) in [5.41, 5.74) is 3.66. The number of fused-ring (bicyclic) bond motifs is 2. The van der Waals surface area contributed by atoms with Crippen molar-refractivity contribution < 1.29 is 14.3 Å². The molecule has 0 saturated heterocycles. The first-order valence-corrected chi connectivity index (χ1v) is 12.4. The van der Waals surface area contributed by atoms with E-state index in [2.05, 4.69) is 30.2 Å². The van der Waals surface area contributed by atoms with Crippen LogP contribution < -0.4 is 5.32 Å². The molecule has 3 aromatic rings. The van der Waals surface area contributed by atoms with Gasteiger partial charge in [0.2, 0.25) is 5.91 Å². The van der Waals surface area contributed by atoms with Crippen LogP contribution in [0.25, 0.3) is 10.9 Å². The van der Waals surface area contributed by atoms with Gasteiger partial charge in [0.05, 0.1) is 28.5 Å². The Morgan fingerprint density at radius 1 is 1.32 bits per heavy atom. The molecule has 2 heterocycles. The zero-order chi connectivity index (χ0) is 22.0. The third kappa shape index (κ3) is 4.77. The zero-order valence-electron chi connectivity index (χ0n) is 18.0. The summed E-state index contributed by atoms with van der Waals surface area (Å²) in [7, 11) is 0. The van der Waals surface area contributed by atoms with Crippen LogP contribution in [0.15, 0.2) is 35.4 Å². The van der Waals surface area contributed by atoms with Crippen LogP contribution in [-0.4, -0.2) is 29.2 Å². The summed E-state index contributed by atoms with van der Waals surface area (Å²) < 4.78 is 5.29. The molecule has 1 N–H and O–H groups in total. The molecule has 0 unspecified atom stereocenters. The van der Waals surface area contributed by atoms with E-state index < -0.39 is 0 Å². The highest BCUT2D eigenvalue weighted by atomic mass is 32.2. The molecule has 0 aliphatic heterocycles. The van der Waals surface area contributed by atoms with E-state index in [1.807, 2.05) is 24.3 Å². The fraction of sp³-hybridized carbons (Fsp3) is 0.375. The highest BCUT2D eigenvalue weighted by molar-refractivity contribution is 7.99. The van der Waals surface area contributed by atoms with Crippen LogP contribution in [0, 0.1) is 12.8 Å². The maximum absolute atomic E-state index is 12.7. The number of rotatable bonds is 6. The Hall–Kier alpha value is -2.38. The standard InChI is InChI=1S/C24H26N2O3S2/c1-4-29-24(28)22-17-10-9-14(2)11-19(17)31-23(22)26-20(27)13-30-21-12-15(3)16-7-5-6-8-18(16)25-21/h5-8,12,14H,4,9-11,13H2,1-3H3,(H,26,27)/t14-/m1/s1. The molecular weight excluding hydrogens is 428 g/mol. The van der Waals surface area contributed by atoms with Crippen LogP contribution in [0.2, 0.25) is 0 Å².